The number of carbonyl (C=O) groups is 4. The zero-order valence-corrected chi connectivity index (χ0v) is 28.0. The summed E-state index contributed by atoms with van der Waals surface area (Å²) in [5, 5.41) is 11.9. The molecule has 2 fully saturated rings. The van der Waals surface area contributed by atoms with Crippen molar-refractivity contribution < 1.29 is 42.2 Å². The lowest BCUT2D eigenvalue weighted by atomic mass is 9.44. The van der Waals surface area contributed by atoms with E-state index in [0.29, 0.717) is 27.4 Å². The first-order chi connectivity index (χ1) is 24.9. The molecule has 1 aliphatic heterocycles. The minimum Gasteiger partial charge on any atom is -0.508 e. The normalized spacial score (nSPS) is 27.0. The number of amides is 2. The minimum absolute atomic E-state index is 0.0138. The summed E-state index contributed by atoms with van der Waals surface area (Å²) in [7, 11) is 0. The van der Waals surface area contributed by atoms with Crippen LogP contribution < -0.4 is 9.64 Å². The number of nitrogens with zero attached hydrogens (tertiary/aromatic N) is 1. The van der Waals surface area contributed by atoms with Gasteiger partial charge in [-0.25, -0.2) is 0 Å². The van der Waals surface area contributed by atoms with Gasteiger partial charge in [0.05, 0.1) is 22.9 Å². The monoisotopic (exact) mass is 723 g/mol. The quantitative estimate of drug-likeness (QED) is 0.166. The van der Waals surface area contributed by atoms with E-state index in [-0.39, 0.29) is 24.0 Å². The van der Waals surface area contributed by atoms with Crippen molar-refractivity contribution in [2.75, 3.05) is 4.90 Å². The number of allylic oxidation sites excluding steroid dienone is 4. The molecule has 1 saturated heterocycles. The second-order valence-electron chi connectivity index (χ2n) is 13.5. The predicted octanol–water partition coefficient (Wildman–Crippen LogP) is 7.97. The van der Waals surface area contributed by atoms with Gasteiger partial charge in [-0.15, -0.1) is 13.2 Å². The Balaban J connectivity index is 1.37. The Hall–Kier alpha value is -5.48. The third-order valence-corrected chi connectivity index (χ3v) is 11.3. The van der Waals surface area contributed by atoms with Crippen molar-refractivity contribution in [2.24, 2.45) is 23.7 Å². The highest BCUT2D eigenvalue weighted by molar-refractivity contribution is 6.32. The van der Waals surface area contributed by atoms with Crippen molar-refractivity contribution in [1.82, 2.24) is 0 Å². The van der Waals surface area contributed by atoms with Crippen LogP contribution in [0, 0.1) is 23.7 Å². The number of imide groups is 1. The molecule has 2 amide bonds. The van der Waals surface area contributed by atoms with Crippen LogP contribution in [0.25, 0.3) is 5.57 Å². The average molecular weight is 724 g/mol. The van der Waals surface area contributed by atoms with Gasteiger partial charge in [0.2, 0.25) is 11.8 Å². The molecule has 3 aliphatic carbocycles. The van der Waals surface area contributed by atoms with E-state index in [1.807, 2.05) is 0 Å². The van der Waals surface area contributed by atoms with Crippen LogP contribution >= 0.6 is 11.6 Å². The first kappa shape index (κ1) is 33.7. The van der Waals surface area contributed by atoms with Crippen molar-refractivity contribution in [1.29, 1.82) is 0 Å². The fourth-order valence-corrected chi connectivity index (χ4v) is 9.15. The van der Waals surface area contributed by atoms with E-state index in [9.17, 15) is 32.7 Å². The third kappa shape index (κ3) is 5.19. The lowest BCUT2D eigenvalue weighted by molar-refractivity contribution is -0.274. The molecule has 6 atom stereocenters. The Morgan fingerprint density at radius 2 is 1.50 bits per heavy atom. The van der Waals surface area contributed by atoms with Crippen molar-refractivity contribution in [2.45, 2.75) is 30.5 Å². The van der Waals surface area contributed by atoms with Crippen LogP contribution in [0.1, 0.15) is 35.4 Å². The number of ketones is 2. The molecule has 0 aromatic heterocycles. The number of halogens is 4. The van der Waals surface area contributed by atoms with E-state index in [1.54, 1.807) is 91.0 Å². The van der Waals surface area contributed by atoms with Gasteiger partial charge >= 0.3 is 6.36 Å². The van der Waals surface area contributed by atoms with E-state index < -0.39 is 76.2 Å². The Labute approximate surface area is 301 Å². The van der Waals surface area contributed by atoms with Gasteiger partial charge in [0.25, 0.3) is 0 Å². The number of carbonyl (C=O) groups excluding carboxylic acids is 4. The first-order valence-electron chi connectivity index (χ1n) is 16.7. The average Bonchev–Trinajstić information content (AvgIpc) is 3.39. The lowest BCUT2D eigenvalue weighted by Crippen LogP contribution is -2.58. The molecule has 8 rings (SSSR count). The Kier molecular flexibility index (Phi) is 7.98. The number of benzene rings is 4. The van der Waals surface area contributed by atoms with Gasteiger partial charge in [-0.1, -0.05) is 83.9 Å². The minimum atomic E-state index is -5.06. The fourth-order valence-electron chi connectivity index (χ4n) is 9.02. The molecule has 7 nitrogen and oxygen atoms in total. The van der Waals surface area contributed by atoms with E-state index in [0.717, 1.165) is 23.1 Å². The maximum absolute atomic E-state index is 15.1. The van der Waals surface area contributed by atoms with Crippen LogP contribution in [0.5, 0.6) is 11.5 Å². The maximum atomic E-state index is 15.1. The number of Topliss-reactive ketones (excluding diaryl/α,β-unsaturated/α-hetero) is 1. The molecular formula is C41H29ClF3NO6. The van der Waals surface area contributed by atoms with Gasteiger partial charge in [0, 0.05) is 28.0 Å². The smallest absolute Gasteiger partial charge is 0.508 e. The largest absolute Gasteiger partial charge is 0.573 e. The number of anilines is 1. The van der Waals surface area contributed by atoms with Gasteiger partial charge in [-0.3, -0.25) is 24.1 Å². The van der Waals surface area contributed by atoms with E-state index in [1.165, 1.54) is 6.08 Å². The summed E-state index contributed by atoms with van der Waals surface area (Å²) in [5.74, 6) is -7.77. The fraction of sp³-hybridized carbons (Fsp3) is 0.220. The van der Waals surface area contributed by atoms with Crippen molar-refractivity contribution in [3.8, 4) is 11.5 Å². The number of hydrogen-bond acceptors (Lipinski definition) is 6. The second kappa shape index (κ2) is 12.3. The zero-order chi connectivity index (χ0) is 36.5. The number of hydrogen-bond donors (Lipinski definition) is 1. The van der Waals surface area contributed by atoms with E-state index in [4.69, 9.17) is 11.6 Å². The van der Waals surface area contributed by atoms with Crippen LogP contribution in [0.3, 0.4) is 0 Å². The summed E-state index contributed by atoms with van der Waals surface area (Å²) in [4.78, 5) is 59.6. The number of rotatable bonds is 5. The van der Waals surface area contributed by atoms with E-state index in [2.05, 4.69) is 4.74 Å². The topological polar surface area (TPSA) is 101 Å². The highest BCUT2D eigenvalue weighted by atomic mass is 35.5. The van der Waals surface area contributed by atoms with Crippen molar-refractivity contribution in [3.05, 3.63) is 143 Å². The molecule has 1 heterocycles. The molecule has 4 aromatic carbocycles. The van der Waals surface area contributed by atoms with Gasteiger partial charge in [-0.05, 0) is 78.4 Å². The number of phenolic OH excluding ortho intramolecular Hbond substituents is 1. The molecule has 1 N–H and O–H groups in total. The number of ether oxygens (including phenoxy) is 1. The molecule has 1 saturated carbocycles. The second-order valence-corrected chi connectivity index (χ2v) is 14.0. The predicted molar refractivity (Wildman–Crippen MR) is 185 cm³/mol. The van der Waals surface area contributed by atoms with Crippen LogP contribution in [0.15, 0.2) is 121 Å². The van der Waals surface area contributed by atoms with Gasteiger partial charge in [0.1, 0.15) is 11.5 Å². The molecular weight excluding hydrogens is 695 g/mol. The molecule has 52 heavy (non-hydrogen) atoms. The zero-order valence-electron chi connectivity index (χ0n) is 27.2. The Morgan fingerprint density at radius 1 is 0.827 bits per heavy atom. The summed E-state index contributed by atoms with van der Waals surface area (Å²) in [6, 6.07) is 26.5. The first-order valence-corrected chi connectivity index (χ1v) is 17.1. The van der Waals surface area contributed by atoms with Crippen LogP contribution in [-0.4, -0.2) is 34.8 Å². The molecule has 6 unspecified atom stereocenters. The Morgan fingerprint density at radius 3 is 2.17 bits per heavy atom. The number of alkyl halides is 3. The van der Waals surface area contributed by atoms with Gasteiger partial charge in [-0.2, -0.15) is 0 Å². The molecule has 0 radical (unpaired) electrons. The summed E-state index contributed by atoms with van der Waals surface area (Å²) in [5.41, 5.74) is 0.0797. The summed E-state index contributed by atoms with van der Waals surface area (Å²) < 4.78 is 44.9. The molecule has 0 spiro atoms. The summed E-state index contributed by atoms with van der Waals surface area (Å²) in [6.45, 7) is 0. The lowest BCUT2D eigenvalue weighted by Gasteiger charge is -2.55. The van der Waals surface area contributed by atoms with Crippen molar-refractivity contribution in [3.63, 3.8) is 0 Å². The molecule has 0 bridgehead atoms. The molecule has 4 aromatic rings. The van der Waals surface area contributed by atoms with Crippen LogP contribution in [-0.2, 0) is 24.6 Å². The van der Waals surface area contributed by atoms with Gasteiger partial charge in [0.15, 0.2) is 11.6 Å². The maximum Gasteiger partial charge on any atom is 0.573 e. The van der Waals surface area contributed by atoms with Crippen LogP contribution in [0.2, 0.25) is 5.02 Å². The number of fused-ring (bicyclic) bond motifs is 4. The van der Waals surface area contributed by atoms with E-state index >= 15 is 4.79 Å². The number of aromatic hydroxyl groups is 1. The van der Waals surface area contributed by atoms with Crippen LogP contribution in [0.4, 0.5) is 18.9 Å². The highest BCUT2D eigenvalue weighted by Gasteiger charge is 2.66. The third-order valence-electron chi connectivity index (χ3n) is 11.0. The standard InChI is InChI=1S/C41H29ClF3NO6/c42-24-11-13-25(14-12-24)46-38(50)28-17-16-27-30(35(28)39(46)51)20-32-37(49)29(22-7-3-1-4-8-22)21-34(48)40(32,23-9-5-2-6-10-23)36(27)31-19-26(15-18-33(31)47)52-41(43,44)45/h1-16,18-19,21,28,30,32,35-36,47H,17,20H2. The Bertz CT molecular complexity index is 2200. The van der Waals surface area contributed by atoms with Gasteiger partial charge < -0.3 is 9.84 Å². The molecule has 11 heteroatoms. The highest BCUT2D eigenvalue weighted by Crippen LogP contribution is 2.64. The van der Waals surface area contributed by atoms with Crippen molar-refractivity contribution >= 4 is 46.2 Å². The molecule has 262 valence electrons. The summed E-state index contributed by atoms with van der Waals surface area (Å²) in [6.07, 6.45) is -1.94. The molecule has 4 aliphatic rings. The SMILES string of the molecule is O=C1C(c2ccccc2)=CC(=O)C2(c3ccccc3)C1CC1C(=CCC3C(=O)N(c4ccc(Cl)cc4)C(=O)C31)C2c1cc(OC(F)(F)F)ccc1O. The summed E-state index contributed by atoms with van der Waals surface area (Å²) >= 11 is 6.10. The number of phenols is 1.